The number of nitrogens with zero attached hydrogens (tertiary/aromatic N) is 2. The topological polar surface area (TPSA) is 38.9 Å². The van der Waals surface area contributed by atoms with Crippen LogP contribution in [0, 0.1) is 0 Å². The molecule has 0 unspecified atom stereocenters. The zero-order chi connectivity index (χ0) is 35.1. The summed E-state index contributed by atoms with van der Waals surface area (Å²) in [6.07, 6.45) is 0. The highest BCUT2D eigenvalue weighted by atomic mass is 16.3. The zero-order valence-electron chi connectivity index (χ0n) is 28.8. The van der Waals surface area contributed by atoms with Crippen molar-refractivity contribution in [3.05, 3.63) is 194 Å². The smallest absolute Gasteiger partial charge is 0.160 e. The molecule has 0 spiro atoms. The van der Waals surface area contributed by atoms with E-state index in [9.17, 15) is 0 Å². The average Bonchev–Trinajstić information content (AvgIpc) is 3.63. The van der Waals surface area contributed by atoms with Crippen LogP contribution in [0.15, 0.2) is 199 Å². The summed E-state index contributed by atoms with van der Waals surface area (Å²) in [6, 6.07) is 68.1. The van der Waals surface area contributed by atoms with Gasteiger partial charge >= 0.3 is 0 Å². The Balaban J connectivity index is 1.23. The summed E-state index contributed by atoms with van der Waals surface area (Å²) >= 11 is 0. The average molecular weight is 677 g/mol. The molecular formula is C50H32N2O. The van der Waals surface area contributed by atoms with Crippen molar-refractivity contribution in [2.24, 2.45) is 0 Å². The van der Waals surface area contributed by atoms with Crippen molar-refractivity contribution in [1.82, 2.24) is 9.97 Å². The maximum absolute atomic E-state index is 6.59. The second-order valence-corrected chi connectivity index (χ2v) is 13.4. The maximum atomic E-state index is 6.59. The minimum Gasteiger partial charge on any atom is -0.455 e. The third kappa shape index (κ3) is 5.65. The van der Waals surface area contributed by atoms with Crippen LogP contribution in [0.3, 0.4) is 0 Å². The van der Waals surface area contributed by atoms with Gasteiger partial charge < -0.3 is 4.42 Å². The van der Waals surface area contributed by atoms with Crippen molar-refractivity contribution < 1.29 is 4.42 Å². The van der Waals surface area contributed by atoms with Gasteiger partial charge in [-0.1, -0.05) is 158 Å². The first kappa shape index (κ1) is 30.7. The Morgan fingerprint density at radius 3 is 1.68 bits per heavy atom. The van der Waals surface area contributed by atoms with Gasteiger partial charge in [-0.3, -0.25) is 0 Å². The summed E-state index contributed by atoms with van der Waals surface area (Å²) in [7, 11) is 0. The summed E-state index contributed by atoms with van der Waals surface area (Å²) in [4.78, 5) is 10.3. The fraction of sp³-hybridized carbons (Fsp3) is 0. The van der Waals surface area contributed by atoms with Gasteiger partial charge in [-0.15, -0.1) is 0 Å². The standard InChI is InChI=1S/C50H32N2O/c1-3-15-34(16-4-1)46-32-47(52-50(51-46)35-17-5-2-6-18-35)40-30-38(42-21-10-9-20-41(42)37-27-26-33-14-7-8-19-36(33)28-37)29-39(31-40)43-23-13-24-45-44-22-11-12-25-48(44)53-49(43)45/h1-32H. The summed E-state index contributed by atoms with van der Waals surface area (Å²) in [5.74, 6) is 0.685. The lowest BCUT2D eigenvalue weighted by molar-refractivity contribution is 0.670. The first-order valence-corrected chi connectivity index (χ1v) is 17.9. The summed E-state index contributed by atoms with van der Waals surface area (Å²) < 4.78 is 6.59. The Morgan fingerprint density at radius 1 is 0.321 bits per heavy atom. The summed E-state index contributed by atoms with van der Waals surface area (Å²) in [6.45, 7) is 0. The minimum atomic E-state index is 0.685. The number of rotatable bonds is 6. The molecule has 0 aliphatic heterocycles. The van der Waals surface area contributed by atoms with Crippen LogP contribution in [0.4, 0.5) is 0 Å². The van der Waals surface area contributed by atoms with Gasteiger partial charge in [-0.2, -0.15) is 0 Å². The van der Waals surface area contributed by atoms with Gasteiger partial charge in [0.05, 0.1) is 11.4 Å². The van der Waals surface area contributed by atoms with Gasteiger partial charge in [0, 0.05) is 33.0 Å². The van der Waals surface area contributed by atoms with Crippen LogP contribution in [-0.2, 0) is 0 Å². The first-order valence-electron chi connectivity index (χ1n) is 17.9. The van der Waals surface area contributed by atoms with E-state index in [1.807, 2.05) is 36.4 Å². The molecule has 2 aromatic heterocycles. The third-order valence-corrected chi connectivity index (χ3v) is 10.1. The lowest BCUT2D eigenvalue weighted by Gasteiger charge is -2.16. The van der Waals surface area contributed by atoms with E-state index < -0.39 is 0 Å². The minimum absolute atomic E-state index is 0.685. The molecule has 0 N–H and O–H groups in total. The van der Waals surface area contributed by atoms with Crippen molar-refractivity contribution in [1.29, 1.82) is 0 Å². The number of hydrogen-bond donors (Lipinski definition) is 0. The van der Waals surface area contributed by atoms with E-state index in [0.717, 1.165) is 72.3 Å². The predicted molar refractivity (Wildman–Crippen MR) is 219 cm³/mol. The van der Waals surface area contributed by atoms with Crippen LogP contribution in [0.25, 0.3) is 100.0 Å². The molecule has 10 aromatic rings. The molecule has 0 fully saturated rings. The fourth-order valence-corrected chi connectivity index (χ4v) is 7.47. The molecule has 0 atom stereocenters. The van der Waals surface area contributed by atoms with Gasteiger partial charge in [0.1, 0.15) is 11.2 Å². The molecule has 0 amide bonds. The summed E-state index contributed by atoms with van der Waals surface area (Å²) in [5.41, 5.74) is 13.1. The third-order valence-electron chi connectivity index (χ3n) is 10.1. The molecule has 3 nitrogen and oxygen atoms in total. The van der Waals surface area contributed by atoms with Gasteiger partial charge in [0.2, 0.25) is 0 Å². The Hall–Kier alpha value is -7.10. The highest BCUT2D eigenvalue weighted by Crippen LogP contribution is 2.42. The van der Waals surface area contributed by atoms with Gasteiger partial charge in [-0.05, 0) is 75.0 Å². The molecule has 0 aliphatic carbocycles. The highest BCUT2D eigenvalue weighted by molar-refractivity contribution is 6.10. The maximum Gasteiger partial charge on any atom is 0.160 e. The van der Waals surface area contributed by atoms with Crippen molar-refractivity contribution in [3.63, 3.8) is 0 Å². The van der Waals surface area contributed by atoms with E-state index in [0.29, 0.717) is 5.82 Å². The van der Waals surface area contributed by atoms with E-state index >= 15 is 0 Å². The van der Waals surface area contributed by atoms with Crippen LogP contribution in [-0.4, -0.2) is 9.97 Å². The second kappa shape index (κ2) is 12.9. The molecule has 0 saturated carbocycles. The number of benzene rings is 8. The van der Waals surface area contributed by atoms with Crippen molar-refractivity contribution in [3.8, 4) is 67.3 Å². The van der Waals surface area contributed by atoms with Gasteiger partial charge in [0.25, 0.3) is 0 Å². The lowest BCUT2D eigenvalue weighted by Crippen LogP contribution is -1.96. The van der Waals surface area contributed by atoms with Crippen LogP contribution in [0.1, 0.15) is 0 Å². The molecule has 0 saturated heterocycles. The zero-order valence-corrected chi connectivity index (χ0v) is 28.8. The van der Waals surface area contributed by atoms with Gasteiger partial charge in [0.15, 0.2) is 5.82 Å². The number of hydrogen-bond acceptors (Lipinski definition) is 3. The molecule has 0 radical (unpaired) electrons. The van der Waals surface area contributed by atoms with Crippen LogP contribution in [0.2, 0.25) is 0 Å². The van der Waals surface area contributed by atoms with Crippen LogP contribution >= 0.6 is 0 Å². The summed E-state index contributed by atoms with van der Waals surface area (Å²) in [5, 5.41) is 4.65. The highest BCUT2D eigenvalue weighted by Gasteiger charge is 2.18. The number of fused-ring (bicyclic) bond motifs is 4. The quantitative estimate of drug-likeness (QED) is 0.176. The number of para-hydroxylation sites is 2. The Kier molecular flexibility index (Phi) is 7.47. The SMILES string of the molecule is c1ccc(-c2cc(-c3cc(-c4ccccc4-c4ccc5ccccc5c4)cc(-c4cccc5c4oc4ccccc45)c3)nc(-c3ccccc3)n2)cc1. The predicted octanol–water partition coefficient (Wildman–Crippen LogP) is 13.5. The van der Waals surface area contributed by atoms with E-state index in [2.05, 4.69) is 158 Å². The molecular weight excluding hydrogens is 645 g/mol. The Morgan fingerprint density at radius 2 is 0.887 bits per heavy atom. The van der Waals surface area contributed by atoms with Crippen molar-refractivity contribution in [2.45, 2.75) is 0 Å². The molecule has 3 heteroatoms. The molecule has 10 rings (SSSR count). The molecule has 8 aromatic carbocycles. The lowest BCUT2D eigenvalue weighted by atomic mass is 9.89. The number of aromatic nitrogens is 2. The van der Waals surface area contributed by atoms with E-state index in [1.54, 1.807) is 0 Å². The fourth-order valence-electron chi connectivity index (χ4n) is 7.47. The van der Waals surface area contributed by atoms with E-state index in [-0.39, 0.29) is 0 Å². The molecule has 0 bridgehead atoms. The van der Waals surface area contributed by atoms with E-state index in [1.165, 1.54) is 21.9 Å². The first-order chi connectivity index (χ1) is 26.2. The largest absolute Gasteiger partial charge is 0.455 e. The van der Waals surface area contributed by atoms with E-state index in [4.69, 9.17) is 14.4 Å². The van der Waals surface area contributed by atoms with Crippen LogP contribution in [0.5, 0.6) is 0 Å². The molecule has 0 aliphatic rings. The van der Waals surface area contributed by atoms with Crippen molar-refractivity contribution in [2.75, 3.05) is 0 Å². The molecule has 2 heterocycles. The number of furan rings is 1. The normalized spacial score (nSPS) is 11.4. The van der Waals surface area contributed by atoms with Gasteiger partial charge in [-0.25, -0.2) is 9.97 Å². The monoisotopic (exact) mass is 676 g/mol. The Labute approximate surface area is 307 Å². The molecule has 248 valence electrons. The second-order valence-electron chi connectivity index (χ2n) is 13.4. The Bertz CT molecular complexity index is 2890. The van der Waals surface area contributed by atoms with Crippen molar-refractivity contribution >= 4 is 32.7 Å². The van der Waals surface area contributed by atoms with Crippen LogP contribution < -0.4 is 0 Å². The molecule has 53 heavy (non-hydrogen) atoms.